The highest BCUT2D eigenvalue weighted by atomic mass is 35.5. The van der Waals surface area contributed by atoms with Crippen LogP contribution in [0.5, 0.6) is 0 Å². The van der Waals surface area contributed by atoms with Gasteiger partial charge >= 0.3 is 11.9 Å². The number of carbonyl (C=O) groups excluding carboxylic acids is 1. The summed E-state index contributed by atoms with van der Waals surface area (Å²) in [5.74, 6) is -1.88. The fourth-order valence-electron chi connectivity index (χ4n) is 2.44. The zero-order chi connectivity index (χ0) is 21.1. The highest BCUT2D eigenvalue weighted by Crippen LogP contribution is 2.27. The molecule has 0 saturated heterocycles. The largest absolute Gasteiger partial charge is 0.475 e. The van der Waals surface area contributed by atoms with Gasteiger partial charge in [0.05, 0.1) is 0 Å². The average molecular weight is 426 g/mol. The van der Waals surface area contributed by atoms with E-state index in [9.17, 15) is 14.7 Å². The van der Waals surface area contributed by atoms with Gasteiger partial charge in [0.25, 0.3) is 0 Å². The second kappa shape index (κ2) is 8.75. The lowest BCUT2D eigenvalue weighted by atomic mass is 10.0. The molecule has 0 aliphatic carbocycles. The molecule has 28 heavy (non-hydrogen) atoms. The van der Waals surface area contributed by atoms with E-state index >= 15 is 0 Å². The molecule has 7 nitrogen and oxygen atoms in total. The Kier molecular flexibility index (Phi) is 6.85. The number of aryl methyl sites for hydroxylation is 1. The van der Waals surface area contributed by atoms with Crippen molar-refractivity contribution in [1.29, 1.82) is 0 Å². The smallest absolute Gasteiger partial charge is 0.374 e. The zero-order valence-electron chi connectivity index (χ0n) is 16.0. The van der Waals surface area contributed by atoms with Crippen molar-refractivity contribution in [1.82, 2.24) is 9.97 Å². The van der Waals surface area contributed by atoms with Gasteiger partial charge in [0.1, 0.15) is 18.0 Å². The van der Waals surface area contributed by atoms with E-state index in [4.69, 9.17) is 27.9 Å². The second-order valence-corrected chi connectivity index (χ2v) is 7.96. The van der Waals surface area contributed by atoms with Crippen LogP contribution in [0.3, 0.4) is 0 Å². The van der Waals surface area contributed by atoms with Gasteiger partial charge in [-0.3, -0.25) is 4.79 Å². The molecule has 0 aliphatic rings. The van der Waals surface area contributed by atoms with Crippen LogP contribution in [0.2, 0.25) is 10.0 Å². The molecule has 0 saturated carbocycles. The van der Waals surface area contributed by atoms with Crippen molar-refractivity contribution in [3.63, 3.8) is 0 Å². The number of carboxylic acids is 1. The molecule has 1 heterocycles. The number of benzene rings is 1. The van der Waals surface area contributed by atoms with Crippen LogP contribution < -0.4 is 5.32 Å². The van der Waals surface area contributed by atoms with E-state index in [0.29, 0.717) is 27.7 Å². The maximum Gasteiger partial charge on any atom is 0.374 e. The maximum atomic E-state index is 12.0. The molecule has 2 rings (SSSR count). The van der Waals surface area contributed by atoms with Gasteiger partial charge in [-0.05, 0) is 45.4 Å². The number of nitrogens with zero attached hydrogens (tertiary/aromatic N) is 2. The van der Waals surface area contributed by atoms with Gasteiger partial charge in [0, 0.05) is 27.7 Å². The van der Waals surface area contributed by atoms with E-state index in [2.05, 4.69) is 15.3 Å². The highest BCUT2D eigenvalue weighted by Gasteiger charge is 2.20. The molecule has 1 aromatic heterocycles. The number of hydrogen-bond acceptors (Lipinski definition) is 6. The number of carboxylic acid groups (broad SMARTS) is 1. The first-order valence-electron chi connectivity index (χ1n) is 8.46. The first-order valence-corrected chi connectivity index (χ1v) is 9.22. The molecule has 2 N–H and O–H groups in total. The van der Waals surface area contributed by atoms with Crippen LogP contribution in [-0.4, -0.2) is 39.2 Å². The Balaban J connectivity index is 2.35. The number of halogens is 2. The van der Waals surface area contributed by atoms with Gasteiger partial charge in [0.2, 0.25) is 5.82 Å². The van der Waals surface area contributed by atoms with E-state index in [1.165, 1.54) is 0 Å². The summed E-state index contributed by atoms with van der Waals surface area (Å²) in [6, 6.07) is 5.10. The molecule has 9 heteroatoms. The number of esters is 1. The van der Waals surface area contributed by atoms with Gasteiger partial charge in [-0.15, -0.1) is 0 Å². The quantitative estimate of drug-likeness (QED) is 0.670. The minimum atomic E-state index is -1.26. The van der Waals surface area contributed by atoms with Gasteiger partial charge < -0.3 is 15.2 Å². The van der Waals surface area contributed by atoms with Crippen molar-refractivity contribution in [3.8, 4) is 0 Å². The van der Waals surface area contributed by atoms with Crippen molar-refractivity contribution in [2.75, 3.05) is 11.9 Å². The fourth-order valence-corrected chi connectivity index (χ4v) is 2.91. The van der Waals surface area contributed by atoms with Crippen LogP contribution >= 0.6 is 23.2 Å². The molecule has 0 spiro atoms. The van der Waals surface area contributed by atoms with Crippen molar-refractivity contribution in [3.05, 3.63) is 50.9 Å². The Morgan fingerprint density at radius 1 is 1.21 bits per heavy atom. The molecule has 0 radical (unpaired) electrons. The molecular weight excluding hydrogens is 405 g/mol. The summed E-state index contributed by atoms with van der Waals surface area (Å²) in [5.41, 5.74) is 1.22. The van der Waals surface area contributed by atoms with Crippen molar-refractivity contribution < 1.29 is 19.4 Å². The Bertz CT molecular complexity index is 911. The third-order valence-corrected chi connectivity index (χ3v) is 4.19. The Labute approximate surface area is 173 Å². The summed E-state index contributed by atoms with van der Waals surface area (Å²) in [5, 5.41) is 13.1. The number of ether oxygens (including phenoxy) is 1. The number of aromatic nitrogens is 2. The Hall–Kier alpha value is -2.38. The molecule has 0 atom stereocenters. The van der Waals surface area contributed by atoms with Gasteiger partial charge in [-0.1, -0.05) is 29.3 Å². The van der Waals surface area contributed by atoms with Crippen LogP contribution in [-0.2, 0) is 16.0 Å². The molecule has 150 valence electrons. The summed E-state index contributed by atoms with van der Waals surface area (Å²) in [6.07, 6.45) is 0.332. The number of aromatic carboxylic acids is 1. The van der Waals surface area contributed by atoms with E-state index < -0.39 is 17.5 Å². The first kappa shape index (κ1) is 21.9. The normalized spacial score (nSPS) is 11.2. The molecular formula is C19H21Cl2N3O4. The monoisotopic (exact) mass is 425 g/mol. The first-order chi connectivity index (χ1) is 13.0. The predicted octanol–water partition coefficient (Wildman–Crippen LogP) is 4.13. The van der Waals surface area contributed by atoms with E-state index in [0.717, 1.165) is 5.56 Å². The van der Waals surface area contributed by atoms with Gasteiger partial charge in [0.15, 0.2) is 0 Å². The number of nitrogens with one attached hydrogen (secondary N) is 1. The number of anilines is 1. The SMILES string of the molecule is Cc1nc(C(=O)O)nc(NCC(=O)OC(C)(C)C)c1Cc1ccc(Cl)cc1Cl. The molecule has 2 aromatic rings. The third kappa shape index (κ3) is 6.07. The molecule has 0 aliphatic heterocycles. The van der Waals surface area contributed by atoms with Gasteiger partial charge in [-0.25, -0.2) is 14.8 Å². The summed E-state index contributed by atoms with van der Waals surface area (Å²) in [7, 11) is 0. The van der Waals surface area contributed by atoms with E-state index in [1.807, 2.05) is 0 Å². The molecule has 0 fully saturated rings. The van der Waals surface area contributed by atoms with Gasteiger partial charge in [-0.2, -0.15) is 0 Å². The summed E-state index contributed by atoms with van der Waals surface area (Å²) >= 11 is 12.2. The molecule has 0 bridgehead atoms. The zero-order valence-corrected chi connectivity index (χ0v) is 17.5. The Morgan fingerprint density at radius 3 is 2.46 bits per heavy atom. The summed E-state index contributed by atoms with van der Waals surface area (Å²) < 4.78 is 5.26. The second-order valence-electron chi connectivity index (χ2n) is 7.12. The molecule has 0 amide bonds. The standard InChI is InChI=1S/C19H21Cl2N3O4/c1-10-13(7-11-5-6-12(20)8-14(11)21)16(24-17(23-10)18(26)27)22-9-15(25)28-19(2,3)4/h5-6,8H,7,9H2,1-4H3,(H,26,27)(H,22,23,24). The summed E-state index contributed by atoms with van der Waals surface area (Å²) in [6.45, 7) is 6.78. The lowest BCUT2D eigenvalue weighted by Crippen LogP contribution is -2.28. The van der Waals surface area contributed by atoms with Crippen molar-refractivity contribution in [2.24, 2.45) is 0 Å². The Morgan fingerprint density at radius 2 is 1.89 bits per heavy atom. The number of rotatable bonds is 6. The lowest BCUT2D eigenvalue weighted by Gasteiger charge is -2.20. The van der Waals surface area contributed by atoms with Crippen molar-refractivity contribution >= 4 is 41.0 Å². The summed E-state index contributed by atoms with van der Waals surface area (Å²) in [4.78, 5) is 31.4. The van der Waals surface area contributed by atoms with Crippen LogP contribution in [0.4, 0.5) is 5.82 Å². The lowest BCUT2D eigenvalue weighted by molar-refractivity contribution is -0.152. The third-order valence-electron chi connectivity index (χ3n) is 3.61. The highest BCUT2D eigenvalue weighted by molar-refractivity contribution is 6.35. The minimum Gasteiger partial charge on any atom is -0.475 e. The minimum absolute atomic E-state index is 0.172. The van der Waals surface area contributed by atoms with Crippen molar-refractivity contribution in [2.45, 2.75) is 39.7 Å². The molecule has 1 aromatic carbocycles. The topological polar surface area (TPSA) is 101 Å². The van der Waals surface area contributed by atoms with Crippen LogP contribution in [0, 0.1) is 6.92 Å². The average Bonchev–Trinajstić information content (AvgIpc) is 2.55. The fraction of sp³-hybridized carbons (Fsp3) is 0.368. The van der Waals surface area contributed by atoms with Crippen LogP contribution in [0.25, 0.3) is 0 Å². The van der Waals surface area contributed by atoms with E-state index in [1.54, 1.807) is 45.9 Å². The number of carbonyl (C=O) groups is 2. The van der Waals surface area contributed by atoms with Crippen LogP contribution in [0.1, 0.15) is 48.2 Å². The number of hydrogen-bond donors (Lipinski definition) is 2. The molecule has 0 unspecified atom stereocenters. The van der Waals surface area contributed by atoms with Crippen LogP contribution in [0.15, 0.2) is 18.2 Å². The van der Waals surface area contributed by atoms with E-state index in [-0.39, 0.29) is 18.2 Å². The maximum absolute atomic E-state index is 12.0. The predicted molar refractivity (Wildman–Crippen MR) is 107 cm³/mol.